The highest BCUT2D eigenvalue weighted by Crippen LogP contribution is 2.31. The van der Waals surface area contributed by atoms with Gasteiger partial charge in [-0.1, -0.05) is 0 Å². The number of isocyanates is 1. The number of nitrogens with zero attached hydrogens (tertiary/aromatic N) is 2. The molecule has 1 aromatic rings. The minimum absolute atomic E-state index is 0.0767. The molecule has 21 heavy (non-hydrogen) atoms. The Bertz CT molecular complexity index is 548. The molecule has 0 saturated carbocycles. The summed E-state index contributed by atoms with van der Waals surface area (Å²) in [7, 11) is 1.47. The molecular weight excluding hydrogens is 276 g/mol. The first-order valence-corrected chi connectivity index (χ1v) is 6.49. The van der Waals surface area contributed by atoms with Crippen molar-refractivity contribution in [3.8, 4) is 11.5 Å². The van der Waals surface area contributed by atoms with Crippen molar-refractivity contribution in [2.75, 3.05) is 40.0 Å². The minimum atomic E-state index is -0.102. The molecule has 7 nitrogen and oxygen atoms in total. The average molecular weight is 292 g/mol. The number of carbonyl (C=O) groups is 1. The van der Waals surface area contributed by atoms with Gasteiger partial charge >= 0.3 is 0 Å². The summed E-state index contributed by atoms with van der Waals surface area (Å²) >= 11 is 0. The fourth-order valence-electron chi connectivity index (χ4n) is 1.94. The summed E-state index contributed by atoms with van der Waals surface area (Å²) < 4.78 is 15.8. The minimum Gasteiger partial charge on any atom is -0.493 e. The van der Waals surface area contributed by atoms with E-state index in [0.29, 0.717) is 43.5 Å². The Morgan fingerprint density at radius 3 is 2.81 bits per heavy atom. The molecule has 7 heteroatoms. The van der Waals surface area contributed by atoms with Crippen LogP contribution < -0.4 is 9.47 Å². The third-order valence-corrected chi connectivity index (χ3v) is 3.04. The number of hydrogen-bond acceptors (Lipinski definition) is 6. The monoisotopic (exact) mass is 292 g/mol. The van der Waals surface area contributed by atoms with E-state index in [1.807, 2.05) is 0 Å². The molecule has 0 aromatic heterocycles. The molecule has 1 aliphatic rings. The fraction of sp³-hybridized carbons (Fsp3) is 0.429. The van der Waals surface area contributed by atoms with Crippen LogP contribution in [0.25, 0.3) is 0 Å². The lowest BCUT2D eigenvalue weighted by Crippen LogP contribution is -2.42. The van der Waals surface area contributed by atoms with Crippen molar-refractivity contribution < 1.29 is 23.8 Å². The zero-order valence-electron chi connectivity index (χ0n) is 11.7. The van der Waals surface area contributed by atoms with Crippen LogP contribution in [0.5, 0.6) is 11.5 Å². The standard InChI is InChI=1S/C14H16N2O5/c1-19-13-8-11(15-10-17)2-3-12(13)21-9-14(18)16-4-6-20-7-5-16/h2-3,8H,4-7,9H2,1H3. The lowest BCUT2D eigenvalue weighted by Gasteiger charge is -2.26. The van der Waals surface area contributed by atoms with Crippen LogP contribution in [0.1, 0.15) is 0 Å². The largest absolute Gasteiger partial charge is 0.493 e. The first kappa shape index (κ1) is 15.0. The normalized spacial score (nSPS) is 14.2. The molecule has 1 aliphatic heterocycles. The van der Waals surface area contributed by atoms with Gasteiger partial charge in [-0.05, 0) is 12.1 Å². The van der Waals surface area contributed by atoms with E-state index in [1.54, 1.807) is 23.1 Å². The van der Waals surface area contributed by atoms with Gasteiger partial charge in [0.2, 0.25) is 6.08 Å². The highest BCUT2D eigenvalue weighted by molar-refractivity contribution is 5.78. The molecule has 1 aromatic carbocycles. The fourth-order valence-corrected chi connectivity index (χ4v) is 1.94. The molecule has 1 heterocycles. The second-order valence-corrected chi connectivity index (χ2v) is 4.32. The summed E-state index contributed by atoms with van der Waals surface area (Å²) in [5.41, 5.74) is 0.411. The Balaban J connectivity index is 1.98. The van der Waals surface area contributed by atoms with Gasteiger partial charge in [-0.15, -0.1) is 0 Å². The molecule has 0 bridgehead atoms. The quantitative estimate of drug-likeness (QED) is 0.595. The summed E-state index contributed by atoms with van der Waals surface area (Å²) in [5.74, 6) is 0.723. The predicted molar refractivity (Wildman–Crippen MR) is 73.7 cm³/mol. The second kappa shape index (κ2) is 7.42. The smallest absolute Gasteiger partial charge is 0.260 e. The lowest BCUT2D eigenvalue weighted by atomic mass is 10.3. The lowest BCUT2D eigenvalue weighted by molar-refractivity contribution is -0.137. The van der Waals surface area contributed by atoms with Crippen molar-refractivity contribution in [3.05, 3.63) is 18.2 Å². The topological polar surface area (TPSA) is 77.4 Å². The predicted octanol–water partition coefficient (Wildman–Crippen LogP) is 0.900. The van der Waals surface area contributed by atoms with E-state index in [9.17, 15) is 9.59 Å². The number of benzene rings is 1. The van der Waals surface area contributed by atoms with E-state index in [-0.39, 0.29) is 12.5 Å². The average Bonchev–Trinajstić information content (AvgIpc) is 2.54. The van der Waals surface area contributed by atoms with Crippen LogP contribution in [0.2, 0.25) is 0 Å². The molecule has 1 fully saturated rings. The molecule has 2 rings (SSSR count). The first-order valence-electron chi connectivity index (χ1n) is 6.49. The summed E-state index contributed by atoms with van der Waals surface area (Å²) in [4.78, 5) is 27.4. The van der Waals surface area contributed by atoms with Crippen LogP contribution in [0.4, 0.5) is 5.69 Å². The van der Waals surface area contributed by atoms with Crippen LogP contribution in [-0.4, -0.2) is 56.9 Å². The Kier molecular flexibility index (Phi) is 5.31. The van der Waals surface area contributed by atoms with E-state index in [1.165, 1.54) is 13.2 Å². The van der Waals surface area contributed by atoms with Gasteiger partial charge in [-0.25, -0.2) is 4.79 Å². The van der Waals surface area contributed by atoms with Gasteiger partial charge in [0, 0.05) is 19.2 Å². The van der Waals surface area contributed by atoms with E-state index in [0.717, 1.165) is 0 Å². The van der Waals surface area contributed by atoms with Gasteiger partial charge in [0.15, 0.2) is 18.1 Å². The molecular formula is C14H16N2O5. The van der Waals surface area contributed by atoms with Crippen LogP contribution in [0, 0.1) is 0 Å². The maximum Gasteiger partial charge on any atom is 0.260 e. The second-order valence-electron chi connectivity index (χ2n) is 4.32. The molecule has 0 unspecified atom stereocenters. The number of amides is 1. The van der Waals surface area contributed by atoms with E-state index < -0.39 is 0 Å². The zero-order chi connectivity index (χ0) is 15.1. The summed E-state index contributed by atoms with van der Waals surface area (Å²) in [6, 6.07) is 4.73. The van der Waals surface area contributed by atoms with Crippen molar-refractivity contribution in [1.82, 2.24) is 4.90 Å². The number of carbonyl (C=O) groups excluding carboxylic acids is 2. The van der Waals surface area contributed by atoms with Gasteiger partial charge in [0.25, 0.3) is 5.91 Å². The van der Waals surface area contributed by atoms with Crippen LogP contribution in [0.15, 0.2) is 23.2 Å². The maximum absolute atomic E-state index is 12.0. The van der Waals surface area contributed by atoms with Crippen molar-refractivity contribution in [2.45, 2.75) is 0 Å². The maximum atomic E-state index is 12.0. The van der Waals surface area contributed by atoms with Gasteiger partial charge in [-0.3, -0.25) is 4.79 Å². The first-order chi connectivity index (χ1) is 10.2. The van der Waals surface area contributed by atoms with Crippen LogP contribution in [0.3, 0.4) is 0 Å². The summed E-state index contributed by atoms with van der Waals surface area (Å²) in [6.07, 6.45) is 1.45. The molecule has 0 radical (unpaired) electrons. The molecule has 1 saturated heterocycles. The molecule has 1 amide bonds. The van der Waals surface area contributed by atoms with Crippen LogP contribution >= 0.6 is 0 Å². The highest BCUT2D eigenvalue weighted by Gasteiger charge is 2.18. The Labute approximate surface area is 122 Å². The van der Waals surface area contributed by atoms with E-state index >= 15 is 0 Å². The van der Waals surface area contributed by atoms with Gasteiger partial charge in [0.1, 0.15) is 0 Å². The molecule has 0 aliphatic carbocycles. The molecule has 0 atom stereocenters. The van der Waals surface area contributed by atoms with Crippen molar-refractivity contribution in [1.29, 1.82) is 0 Å². The molecule has 0 spiro atoms. The SMILES string of the molecule is COc1cc(N=C=O)ccc1OCC(=O)N1CCOCC1. The number of ether oxygens (including phenoxy) is 3. The van der Waals surface area contributed by atoms with E-state index in [4.69, 9.17) is 14.2 Å². The third-order valence-electron chi connectivity index (χ3n) is 3.04. The summed E-state index contributed by atoms with van der Waals surface area (Å²) in [6.45, 7) is 2.17. The number of rotatable bonds is 5. The van der Waals surface area contributed by atoms with E-state index in [2.05, 4.69) is 4.99 Å². The zero-order valence-corrected chi connectivity index (χ0v) is 11.7. The molecule has 0 N–H and O–H groups in total. The van der Waals surface area contributed by atoms with Crippen molar-refractivity contribution in [2.24, 2.45) is 4.99 Å². The number of aliphatic imine (C=N–C) groups is 1. The molecule has 112 valence electrons. The van der Waals surface area contributed by atoms with Gasteiger partial charge in [-0.2, -0.15) is 4.99 Å². The highest BCUT2D eigenvalue weighted by atomic mass is 16.5. The number of morpholine rings is 1. The van der Waals surface area contributed by atoms with Crippen LogP contribution in [-0.2, 0) is 14.3 Å². The number of hydrogen-bond donors (Lipinski definition) is 0. The van der Waals surface area contributed by atoms with Crippen molar-refractivity contribution >= 4 is 17.7 Å². The Morgan fingerprint density at radius 2 is 2.14 bits per heavy atom. The Hall–Kier alpha value is -2.37. The van der Waals surface area contributed by atoms with Gasteiger partial charge < -0.3 is 19.1 Å². The number of methoxy groups -OCH3 is 1. The third kappa shape index (κ3) is 4.05. The summed E-state index contributed by atoms with van der Waals surface area (Å²) in [5, 5.41) is 0. The Morgan fingerprint density at radius 1 is 1.38 bits per heavy atom. The van der Waals surface area contributed by atoms with Crippen molar-refractivity contribution in [3.63, 3.8) is 0 Å². The van der Waals surface area contributed by atoms with Gasteiger partial charge in [0.05, 0.1) is 26.0 Å².